The van der Waals surface area contributed by atoms with Crippen molar-refractivity contribution in [3.63, 3.8) is 0 Å². The lowest BCUT2D eigenvalue weighted by Gasteiger charge is -2.33. The zero-order valence-electron chi connectivity index (χ0n) is 9.79. The largest absolute Gasteiger partial charge is 0.409 e. The molecule has 0 bridgehead atoms. The van der Waals surface area contributed by atoms with Crippen LogP contribution in [-0.2, 0) is 0 Å². The summed E-state index contributed by atoms with van der Waals surface area (Å²) < 4.78 is 0. The van der Waals surface area contributed by atoms with Crippen LogP contribution in [0.25, 0.3) is 0 Å². The lowest BCUT2D eigenvalue weighted by molar-refractivity contribution is 0.194. The highest BCUT2D eigenvalue weighted by atomic mass is 16.4. The molecule has 17 heavy (non-hydrogen) atoms. The molecule has 1 aromatic rings. The second-order valence-electron chi connectivity index (χ2n) is 4.28. The molecule has 2 heterocycles. The number of hydrogen-bond donors (Lipinski definition) is 2. The van der Waals surface area contributed by atoms with Crippen molar-refractivity contribution in [3.8, 4) is 0 Å². The number of piperidine rings is 1. The Morgan fingerprint density at radius 2 is 2.12 bits per heavy atom. The fraction of sp³-hybridized carbons (Fsp3) is 0.500. The van der Waals surface area contributed by atoms with Crippen molar-refractivity contribution < 1.29 is 5.21 Å². The fourth-order valence-corrected chi connectivity index (χ4v) is 2.29. The van der Waals surface area contributed by atoms with E-state index < -0.39 is 0 Å². The van der Waals surface area contributed by atoms with Gasteiger partial charge in [-0.15, -0.1) is 0 Å². The first kappa shape index (κ1) is 11.9. The molecule has 0 aromatic carbocycles. The maximum absolute atomic E-state index is 8.91. The number of rotatable bonds is 3. The van der Waals surface area contributed by atoms with E-state index in [9.17, 15) is 0 Å². The Morgan fingerprint density at radius 1 is 1.35 bits per heavy atom. The Bertz CT molecular complexity index is 373. The molecule has 92 valence electrons. The summed E-state index contributed by atoms with van der Waals surface area (Å²) in [5, 5.41) is 12.1. The first-order chi connectivity index (χ1) is 8.33. The Labute approximate surface area is 101 Å². The van der Waals surface area contributed by atoms with E-state index in [1.165, 1.54) is 6.42 Å². The molecule has 0 aliphatic carbocycles. The molecule has 0 amide bonds. The topological polar surface area (TPSA) is 74.7 Å². The first-order valence-electron chi connectivity index (χ1n) is 5.95. The summed E-state index contributed by atoms with van der Waals surface area (Å²) in [6, 6.07) is 5.49. The van der Waals surface area contributed by atoms with E-state index in [1.807, 2.05) is 18.2 Å². The Kier molecular flexibility index (Phi) is 3.93. The molecular formula is C12H18N4O. The minimum atomic E-state index is -0.207. The molecule has 2 rings (SSSR count). The van der Waals surface area contributed by atoms with Crippen LogP contribution >= 0.6 is 0 Å². The van der Waals surface area contributed by atoms with Crippen LogP contribution < -0.4 is 5.73 Å². The normalized spacial score (nSPS) is 20.1. The summed E-state index contributed by atoms with van der Waals surface area (Å²) in [5.41, 5.74) is 6.64. The number of likely N-dealkylation sites (tertiary alicyclic amines) is 1. The molecule has 0 unspecified atom stereocenters. The van der Waals surface area contributed by atoms with Crippen molar-refractivity contribution in [2.75, 3.05) is 13.1 Å². The third kappa shape index (κ3) is 2.74. The standard InChI is InChI=1S/C12H18N4O/c13-12(15-17)11(10-6-2-3-7-14-10)16-8-4-1-5-9-16/h2-3,6-7,11,17H,1,4-5,8-9H2,(H2,13,15)/t11-/m1/s1. The van der Waals surface area contributed by atoms with Crippen LogP contribution in [0.15, 0.2) is 29.6 Å². The van der Waals surface area contributed by atoms with E-state index in [0.29, 0.717) is 0 Å². The highest BCUT2D eigenvalue weighted by Gasteiger charge is 2.26. The second kappa shape index (κ2) is 5.63. The molecule has 1 aromatic heterocycles. The second-order valence-corrected chi connectivity index (χ2v) is 4.28. The number of amidine groups is 1. The van der Waals surface area contributed by atoms with Gasteiger partial charge in [-0.1, -0.05) is 17.6 Å². The minimum Gasteiger partial charge on any atom is -0.409 e. The average molecular weight is 234 g/mol. The summed E-state index contributed by atoms with van der Waals surface area (Å²) in [6.45, 7) is 1.94. The Hall–Kier alpha value is -1.62. The average Bonchev–Trinajstić information content (AvgIpc) is 2.41. The third-order valence-corrected chi connectivity index (χ3v) is 3.12. The number of aromatic nitrogens is 1. The fourth-order valence-electron chi connectivity index (χ4n) is 2.29. The van der Waals surface area contributed by atoms with Crippen molar-refractivity contribution in [2.45, 2.75) is 25.3 Å². The quantitative estimate of drug-likeness (QED) is 0.358. The van der Waals surface area contributed by atoms with Gasteiger partial charge in [-0.05, 0) is 38.1 Å². The van der Waals surface area contributed by atoms with Gasteiger partial charge in [-0.25, -0.2) is 0 Å². The molecule has 5 nitrogen and oxygen atoms in total. The predicted molar refractivity (Wildman–Crippen MR) is 65.8 cm³/mol. The molecular weight excluding hydrogens is 216 g/mol. The van der Waals surface area contributed by atoms with Crippen LogP contribution in [0.5, 0.6) is 0 Å². The van der Waals surface area contributed by atoms with Crippen molar-refractivity contribution in [2.24, 2.45) is 10.9 Å². The van der Waals surface area contributed by atoms with Crippen LogP contribution in [0.3, 0.4) is 0 Å². The van der Waals surface area contributed by atoms with Gasteiger partial charge in [0.05, 0.1) is 5.69 Å². The van der Waals surface area contributed by atoms with Crippen LogP contribution in [-0.4, -0.2) is 34.0 Å². The number of pyridine rings is 1. The van der Waals surface area contributed by atoms with Crippen molar-refractivity contribution in [1.82, 2.24) is 9.88 Å². The van der Waals surface area contributed by atoms with Gasteiger partial charge < -0.3 is 10.9 Å². The molecule has 1 atom stereocenters. The van der Waals surface area contributed by atoms with E-state index in [4.69, 9.17) is 10.9 Å². The van der Waals surface area contributed by atoms with Gasteiger partial charge in [0.2, 0.25) is 0 Å². The first-order valence-corrected chi connectivity index (χ1v) is 5.95. The maximum atomic E-state index is 8.91. The van der Waals surface area contributed by atoms with Crippen molar-refractivity contribution >= 4 is 5.84 Å². The molecule has 1 fully saturated rings. The molecule has 1 saturated heterocycles. The van der Waals surface area contributed by atoms with Gasteiger partial charge in [0.25, 0.3) is 0 Å². The van der Waals surface area contributed by atoms with Gasteiger partial charge in [-0.3, -0.25) is 9.88 Å². The predicted octanol–water partition coefficient (Wildman–Crippen LogP) is 1.35. The van der Waals surface area contributed by atoms with Crippen LogP contribution in [0.4, 0.5) is 0 Å². The number of nitrogens with zero attached hydrogens (tertiary/aromatic N) is 3. The van der Waals surface area contributed by atoms with Crippen molar-refractivity contribution in [1.29, 1.82) is 0 Å². The third-order valence-electron chi connectivity index (χ3n) is 3.12. The summed E-state index contributed by atoms with van der Waals surface area (Å²) >= 11 is 0. The van der Waals surface area contributed by atoms with E-state index in [-0.39, 0.29) is 11.9 Å². The Balaban J connectivity index is 2.25. The number of oxime groups is 1. The van der Waals surface area contributed by atoms with Gasteiger partial charge >= 0.3 is 0 Å². The highest BCUT2D eigenvalue weighted by Crippen LogP contribution is 2.23. The van der Waals surface area contributed by atoms with Gasteiger partial charge in [0.15, 0.2) is 5.84 Å². The van der Waals surface area contributed by atoms with Gasteiger partial charge in [0, 0.05) is 6.20 Å². The monoisotopic (exact) mass is 234 g/mol. The maximum Gasteiger partial charge on any atom is 0.162 e. The summed E-state index contributed by atoms with van der Waals surface area (Å²) in [7, 11) is 0. The zero-order valence-corrected chi connectivity index (χ0v) is 9.79. The SMILES string of the molecule is NC(=NO)[C@@H](c1ccccn1)N1CCCCC1. The summed E-state index contributed by atoms with van der Waals surface area (Å²) in [4.78, 5) is 6.53. The molecule has 1 aliphatic heterocycles. The molecule has 5 heteroatoms. The lowest BCUT2D eigenvalue weighted by Crippen LogP contribution is -2.41. The van der Waals surface area contributed by atoms with Crippen LogP contribution in [0.1, 0.15) is 31.0 Å². The van der Waals surface area contributed by atoms with Gasteiger partial charge in [-0.2, -0.15) is 0 Å². The smallest absolute Gasteiger partial charge is 0.162 e. The molecule has 3 N–H and O–H groups in total. The van der Waals surface area contributed by atoms with E-state index in [0.717, 1.165) is 31.6 Å². The van der Waals surface area contributed by atoms with Crippen LogP contribution in [0, 0.1) is 0 Å². The van der Waals surface area contributed by atoms with Crippen molar-refractivity contribution in [3.05, 3.63) is 30.1 Å². The molecule has 1 aliphatic rings. The summed E-state index contributed by atoms with van der Waals surface area (Å²) in [5.74, 6) is 0.214. The van der Waals surface area contributed by atoms with E-state index in [1.54, 1.807) is 6.20 Å². The molecule has 0 radical (unpaired) electrons. The minimum absolute atomic E-state index is 0.207. The van der Waals surface area contributed by atoms with E-state index in [2.05, 4.69) is 15.0 Å². The lowest BCUT2D eigenvalue weighted by atomic mass is 10.0. The number of hydrogen-bond acceptors (Lipinski definition) is 4. The Morgan fingerprint density at radius 3 is 2.71 bits per heavy atom. The number of nitrogens with two attached hydrogens (primary N) is 1. The molecule has 0 saturated carbocycles. The zero-order chi connectivity index (χ0) is 12.1. The van der Waals surface area contributed by atoms with Crippen LogP contribution in [0.2, 0.25) is 0 Å². The van der Waals surface area contributed by atoms with E-state index >= 15 is 0 Å². The van der Waals surface area contributed by atoms with Gasteiger partial charge in [0.1, 0.15) is 6.04 Å². The molecule has 0 spiro atoms. The summed E-state index contributed by atoms with van der Waals surface area (Å²) in [6.07, 6.45) is 5.29. The highest BCUT2D eigenvalue weighted by molar-refractivity contribution is 5.86.